The molecule has 138 valence electrons. The number of halogens is 1. The van der Waals surface area contributed by atoms with E-state index in [4.69, 9.17) is 0 Å². The lowest BCUT2D eigenvalue weighted by molar-refractivity contribution is -0.384. The zero-order valence-corrected chi connectivity index (χ0v) is 15.4. The van der Waals surface area contributed by atoms with Gasteiger partial charge in [-0.05, 0) is 49.4 Å². The van der Waals surface area contributed by atoms with E-state index in [9.17, 15) is 22.9 Å². The van der Waals surface area contributed by atoms with Crippen molar-refractivity contribution in [2.24, 2.45) is 0 Å². The zero-order valence-electron chi connectivity index (χ0n) is 13.7. The second kappa shape index (κ2) is 7.22. The average Bonchev–Trinajstić information content (AvgIpc) is 2.62. The van der Waals surface area contributed by atoms with Crippen LogP contribution in [0.15, 0.2) is 46.2 Å². The molecule has 2 aromatic carbocycles. The Morgan fingerprint density at radius 3 is 2.73 bits per heavy atom. The highest BCUT2D eigenvalue weighted by molar-refractivity contribution is 7.99. The van der Waals surface area contributed by atoms with Crippen molar-refractivity contribution < 1.29 is 17.7 Å². The minimum atomic E-state index is -3.79. The Morgan fingerprint density at radius 1 is 1.27 bits per heavy atom. The fraction of sp³-hybridized carbons (Fsp3) is 0.250. The van der Waals surface area contributed by atoms with E-state index in [2.05, 4.69) is 10.0 Å². The highest BCUT2D eigenvalue weighted by atomic mass is 32.2. The van der Waals surface area contributed by atoms with Crippen molar-refractivity contribution in [1.29, 1.82) is 0 Å². The first-order valence-electron chi connectivity index (χ1n) is 7.72. The molecular formula is C16H16FN3O4S2. The molecule has 10 heteroatoms. The molecule has 0 bridgehead atoms. The summed E-state index contributed by atoms with van der Waals surface area (Å²) in [6, 6.07) is 7.87. The van der Waals surface area contributed by atoms with Crippen molar-refractivity contribution in [3.8, 4) is 0 Å². The zero-order chi connectivity index (χ0) is 18.9. The van der Waals surface area contributed by atoms with Gasteiger partial charge in [-0.1, -0.05) is 0 Å². The predicted octanol–water partition coefficient (Wildman–Crippen LogP) is 3.29. The molecule has 7 nitrogen and oxygen atoms in total. The molecular weight excluding hydrogens is 381 g/mol. The topological polar surface area (TPSA) is 101 Å². The van der Waals surface area contributed by atoms with Crippen LogP contribution in [0.25, 0.3) is 0 Å². The molecule has 0 amide bonds. The van der Waals surface area contributed by atoms with Gasteiger partial charge in [0.25, 0.3) is 5.69 Å². The number of nitrogens with zero attached hydrogens (tertiary/aromatic N) is 1. The molecule has 0 saturated carbocycles. The summed E-state index contributed by atoms with van der Waals surface area (Å²) in [5.74, 6) is 0.416. The Hall–Kier alpha value is -2.17. The number of hydrogen-bond acceptors (Lipinski definition) is 6. The van der Waals surface area contributed by atoms with Gasteiger partial charge in [0.05, 0.1) is 15.9 Å². The van der Waals surface area contributed by atoms with E-state index in [0.29, 0.717) is 6.42 Å². The smallest absolute Gasteiger partial charge is 0.293 e. The fourth-order valence-corrected chi connectivity index (χ4v) is 4.63. The van der Waals surface area contributed by atoms with Gasteiger partial charge in [0.1, 0.15) is 11.5 Å². The third-order valence-corrected chi connectivity index (χ3v) is 6.62. The van der Waals surface area contributed by atoms with Crippen molar-refractivity contribution in [3.63, 3.8) is 0 Å². The maximum absolute atomic E-state index is 13.6. The second-order valence-electron chi connectivity index (χ2n) is 5.66. The lowest BCUT2D eigenvalue weighted by Crippen LogP contribution is -2.20. The van der Waals surface area contributed by atoms with Crippen LogP contribution in [0.2, 0.25) is 0 Å². The van der Waals surface area contributed by atoms with E-state index in [-0.39, 0.29) is 28.1 Å². The molecule has 0 aliphatic carbocycles. The summed E-state index contributed by atoms with van der Waals surface area (Å²) in [5, 5.41) is 14.5. The molecule has 0 fully saturated rings. The minimum Gasteiger partial charge on any atom is -0.373 e. The van der Waals surface area contributed by atoms with Crippen LogP contribution in [0.1, 0.15) is 18.0 Å². The largest absolute Gasteiger partial charge is 0.373 e. The quantitative estimate of drug-likeness (QED) is 0.593. The van der Waals surface area contributed by atoms with Crippen molar-refractivity contribution in [1.82, 2.24) is 4.72 Å². The number of fused-ring (bicyclic) bond motifs is 1. The van der Waals surface area contributed by atoms with Crippen LogP contribution in [0.5, 0.6) is 0 Å². The third-order valence-electron chi connectivity index (χ3n) is 4.09. The molecule has 2 aromatic rings. The lowest BCUT2D eigenvalue weighted by atomic mass is 10.0. The molecule has 1 heterocycles. The Bertz CT molecular complexity index is 966. The highest BCUT2D eigenvalue weighted by Gasteiger charge is 2.26. The van der Waals surface area contributed by atoms with E-state index in [0.717, 1.165) is 22.3 Å². The Morgan fingerprint density at radius 2 is 2.04 bits per heavy atom. The number of sulfonamides is 1. The number of rotatable bonds is 5. The Labute approximate surface area is 154 Å². The Balaban J connectivity index is 1.99. The summed E-state index contributed by atoms with van der Waals surface area (Å²) in [6.07, 6.45) is 0.662. The van der Waals surface area contributed by atoms with E-state index in [1.54, 1.807) is 17.8 Å². The number of nitro groups is 1. The van der Waals surface area contributed by atoms with Crippen molar-refractivity contribution in [3.05, 3.63) is 57.9 Å². The third kappa shape index (κ3) is 3.67. The van der Waals surface area contributed by atoms with Gasteiger partial charge in [-0.2, -0.15) is 0 Å². The van der Waals surface area contributed by atoms with E-state index < -0.39 is 14.9 Å². The molecule has 0 saturated heterocycles. The maximum Gasteiger partial charge on any atom is 0.293 e. The number of anilines is 1. The number of benzene rings is 2. The highest BCUT2D eigenvalue weighted by Crippen LogP contribution is 2.40. The normalized spacial score (nSPS) is 16.8. The lowest BCUT2D eigenvalue weighted by Gasteiger charge is -2.26. The van der Waals surface area contributed by atoms with Crippen LogP contribution in [0.4, 0.5) is 15.8 Å². The summed E-state index contributed by atoms with van der Waals surface area (Å²) in [4.78, 5) is 11.5. The first-order valence-corrected chi connectivity index (χ1v) is 10.2. The van der Waals surface area contributed by atoms with Gasteiger partial charge < -0.3 is 5.32 Å². The summed E-state index contributed by atoms with van der Waals surface area (Å²) in [6.45, 7) is 0. The number of hydrogen-bond donors (Lipinski definition) is 2. The van der Waals surface area contributed by atoms with Gasteiger partial charge in [-0.25, -0.2) is 17.5 Å². The fourth-order valence-electron chi connectivity index (χ4n) is 2.77. The number of nitrogens with one attached hydrogen (secondary N) is 2. The van der Waals surface area contributed by atoms with E-state index >= 15 is 0 Å². The molecule has 1 aliphatic rings. The van der Waals surface area contributed by atoms with Gasteiger partial charge in [0.15, 0.2) is 0 Å². The van der Waals surface area contributed by atoms with Crippen LogP contribution in [0.3, 0.4) is 0 Å². The van der Waals surface area contributed by atoms with Crippen LogP contribution in [0, 0.1) is 15.9 Å². The average molecular weight is 397 g/mol. The van der Waals surface area contributed by atoms with Gasteiger partial charge >= 0.3 is 0 Å². The van der Waals surface area contributed by atoms with Gasteiger partial charge in [0.2, 0.25) is 10.0 Å². The molecule has 3 rings (SSSR count). The monoisotopic (exact) mass is 397 g/mol. The van der Waals surface area contributed by atoms with Crippen LogP contribution in [-0.2, 0) is 10.0 Å². The molecule has 1 aliphatic heterocycles. The van der Waals surface area contributed by atoms with Gasteiger partial charge in [-0.3, -0.25) is 10.1 Å². The predicted molar refractivity (Wildman–Crippen MR) is 97.4 cm³/mol. The van der Waals surface area contributed by atoms with Crippen molar-refractivity contribution in [2.75, 3.05) is 18.1 Å². The van der Waals surface area contributed by atoms with Crippen molar-refractivity contribution in [2.45, 2.75) is 22.3 Å². The van der Waals surface area contributed by atoms with E-state index in [1.165, 1.54) is 31.3 Å². The molecule has 1 atom stereocenters. The molecule has 0 spiro atoms. The van der Waals surface area contributed by atoms with Crippen molar-refractivity contribution >= 4 is 33.2 Å². The van der Waals surface area contributed by atoms with Gasteiger partial charge in [-0.15, -0.1) is 11.8 Å². The van der Waals surface area contributed by atoms with Crippen LogP contribution in [-0.4, -0.2) is 26.1 Å². The van der Waals surface area contributed by atoms with E-state index in [1.807, 2.05) is 0 Å². The first-order chi connectivity index (χ1) is 12.3. The summed E-state index contributed by atoms with van der Waals surface area (Å²) in [7, 11) is -2.56. The molecule has 0 aromatic heterocycles. The molecule has 26 heavy (non-hydrogen) atoms. The van der Waals surface area contributed by atoms with Crippen LogP contribution >= 0.6 is 11.8 Å². The summed E-state index contributed by atoms with van der Waals surface area (Å²) >= 11 is 1.60. The molecule has 0 radical (unpaired) electrons. The molecule has 1 unspecified atom stereocenters. The van der Waals surface area contributed by atoms with Crippen LogP contribution < -0.4 is 10.0 Å². The SMILES string of the molecule is CNS(=O)(=O)c1ccc(NC2CCSc3ccc(F)cc32)c([N+](=O)[O-])c1. The second-order valence-corrected chi connectivity index (χ2v) is 8.68. The standard InChI is InChI=1S/C16H16FN3O4S2/c1-18-26(23,24)11-3-4-14(15(9-11)20(21)22)19-13-6-7-25-16-5-2-10(17)8-12(13)16/h2-5,8-9,13,18-19H,6-7H2,1H3. The molecule has 2 N–H and O–H groups in total. The summed E-state index contributed by atoms with van der Waals surface area (Å²) in [5.41, 5.74) is 0.581. The Kier molecular flexibility index (Phi) is 5.17. The minimum absolute atomic E-state index is 0.192. The van der Waals surface area contributed by atoms with Gasteiger partial charge in [0, 0.05) is 16.7 Å². The number of thioether (sulfide) groups is 1. The first kappa shape index (κ1) is 18.6. The number of nitro benzene ring substituents is 1. The summed E-state index contributed by atoms with van der Waals surface area (Å²) < 4.78 is 39.5. The maximum atomic E-state index is 13.6.